The van der Waals surface area contributed by atoms with Crippen molar-refractivity contribution >= 4 is 11.8 Å². The van der Waals surface area contributed by atoms with E-state index in [0.717, 1.165) is 12.8 Å². The molecule has 0 unspecified atom stereocenters. The Morgan fingerprint density at radius 3 is 3.17 bits per heavy atom. The van der Waals surface area contributed by atoms with Crippen LogP contribution in [0.5, 0.6) is 0 Å². The zero-order chi connectivity index (χ0) is 16.9. The fraction of sp³-hybridized carbons (Fsp3) is 0.412. The lowest BCUT2D eigenvalue weighted by Crippen LogP contribution is -2.43. The molecule has 2 heterocycles. The zero-order valence-corrected chi connectivity index (χ0v) is 13.5. The molecule has 0 spiro atoms. The van der Waals surface area contributed by atoms with E-state index < -0.39 is 0 Å². The van der Waals surface area contributed by atoms with E-state index in [1.807, 2.05) is 0 Å². The number of hydrogen-bond acceptors (Lipinski definition) is 4. The Morgan fingerprint density at radius 1 is 1.50 bits per heavy atom. The minimum absolute atomic E-state index is 0.213. The molecule has 128 valence electrons. The van der Waals surface area contributed by atoms with Crippen LogP contribution in [0.25, 0.3) is 11.3 Å². The van der Waals surface area contributed by atoms with Gasteiger partial charge in [0.05, 0.1) is 6.61 Å². The van der Waals surface area contributed by atoms with E-state index in [1.165, 1.54) is 12.1 Å². The van der Waals surface area contributed by atoms with Crippen LogP contribution in [0.4, 0.5) is 15.0 Å². The van der Waals surface area contributed by atoms with Crippen molar-refractivity contribution in [3.05, 3.63) is 36.1 Å². The van der Waals surface area contributed by atoms with E-state index in [0.29, 0.717) is 42.8 Å². The minimum Gasteiger partial charge on any atom is -0.384 e. The third-order valence-electron chi connectivity index (χ3n) is 4.06. The first-order valence-corrected chi connectivity index (χ1v) is 7.93. The average molecular weight is 333 g/mol. The molecule has 2 aromatic rings. The maximum Gasteiger partial charge on any atom is 0.323 e. The number of likely N-dealkylation sites (tertiary alicyclic amines) is 1. The van der Waals surface area contributed by atoms with Crippen molar-refractivity contribution in [2.45, 2.75) is 12.8 Å². The zero-order valence-electron chi connectivity index (χ0n) is 13.5. The highest BCUT2D eigenvalue weighted by Crippen LogP contribution is 2.24. The number of carbonyl (C=O) groups is 1. The Balaban J connectivity index is 1.63. The van der Waals surface area contributed by atoms with E-state index in [1.54, 1.807) is 30.2 Å². The molecule has 1 saturated heterocycles. The predicted molar refractivity (Wildman–Crippen MR) is 87.1 cm³/mol. The highest BCUT2D eigenvalue weighted by Gasteiger charge is 2.24. The molecule has 1 N–H and O–H groups in total. The van der Waals surface area contributed by atoms with Crippen LogP contribution >= 0.6 is 0 Å². The summed E-state index contributed by atoms with van der Waals surface area (Å²) in [5.74, 6) is 0.718. The molecule has 1 aliphatic rings. The van der Waals surface area contributed by atoms with Crippen LogP contribution < -0.4 is 5.32 Å². The molecule has 2 amide bonds. The number of nitrogens with one attached hydrogen (secondary N) is 1. The summed E-state index contributed by atoms with van der Waals surface area (Å²) in [6, 6.07) is 7.39. The number of urea groups is 1. The van der Waals surface area contributed by atoms with Gasteiger partial charge in [-0.3, -0.25) is 5.32 Å². The Hall–Kier alpha value is -2.41. The van der Waals surface area contributed by atoms with Gasteiger partial charge in [0, 0.05) is 37.7 Å². The maximum atomic E-state index is 13.3. The molecule has 1 fully saturated rings. The summed E-state index contributed by atoms with van der Waals surface area (Å²) in [5.41, 5.74) is 0.570. The van der Waals surface area contributed by atoms with Crippen molar-refractivity contribution in [2.24, 2.45) is 5.92 Å². The molecule has 1 atom stereocenters. The van der Waals surface area contributed by atoms with Crippen molar-refractivity contribution in [1.82, 2.24) is 10.1 Å². The molecule has 1 aromatic heterocycles. The van der Waals surface area contributed by atoms with Gasteiger partial charge >= 0.3 is 6.03 Å². The second-order valence-electron chi connectivity index (χ2n) is 5.93. The number of piperidine rings is 1. The number of carbonyl (C=O) groups excluding carboxylic acids is 1. The largest absolute Gasteiger partial charge is 0.384 e. The molecular weight excluding hydrogens is 313 g/mol. The van der Waals surface area contributed by atoms with E-state index >= 15 is 0 Å². The molecule has 0 aliphatic carbocycles. The van der Waals surface area contributed by atoms with Gasteiger partial charge in [0.25, 0.3) is 0 Å². The molecule has 24 heavy (non-hydrogen) atoms. The molecule has 3 rings (SSSR count). The van der Waals surface area contributed by atoms with E-state index in [-0.39, 0.29) is 11.8 Å². The SMILES string of the molecule is COC[C@H]1CCCN(C(=O)Nc2cc(-c3cccc(F)c3)on2)C1. The molecule has 0 radical (unpaired) electrons. The van der Waals surface area contributed by atoms with Gasteiger partial charge in [-0.25, -0.2) is 9.18 Å². The summed E-state index contributed by atoms with van der Waals surface area (Å²) in [6.07, 6.45) is 2.01. The number of anilines is 1. The number of hydrogen-bond donors (Lipinski definition) is 1. The van der Waals surface area contributed by atoms with Crippen molar-refractivity contribution in [3.8, 4) is 11.3 Å². The first kappa shape index (κ1) is 16.4. The number of benzene rings is 1. The van der Waals surface area contributed by atoms with E-state index in [2.05, 4.69) is 10.5 Å². The number of halogens is 1. The molecule has 0 saturated carbocycles. The van der Waals surface area contributed by atoms with Crippen LogP contribution in [-0.2, 0) is 4.74 Å². The lowest BCUT2D eigenvalue weighted by molar-refractivity contribution is 0.104. The standard InChI is InChI=1S/C17H20FN3O3/c1-23-11-12-4-3-7-21(10-12)17(22)19-16-9-15(24-20-16)13-5-2-6-14(18)8-13/h2,5-6,8-9,12H,3-4,7,10-11H2,1H3,(H,19,20,22)/t12-/m0/s1. The normalized spacial score (nSPS) is 17.8. The number of methoxy groups -OCH3 is 1. The van der Waals surface area contributed by atoms with Crippen LogP contribution in [0.15, 0.2) is 34.9 Å². The number of ether oxygens (including phenoxy) is 1. The van der Waals surface area contributed by atoms with Gasteiger partial charge < -0.3 is 14.2 Å². The van der Waals surface area contributed by atoms with Gasteiger partial charge in [0.15, 0.2) is 11.6 Å². The van der Waals surface area contributed by atoms with Gasteiger partial charge in [-0.15, -0.1) is 0 Å². The summed E-state index contributed by atoms with van der Waals surface area (Å²) in [4.78, 5) is 14.1. The average Bonchev–Trinajstić information content (AvgIpc) is 3.04. The number of nitrogens with zero attached hydrogens (tertiary/aromatic N) is 2. The van der Waals surface area contributed by atoms with Crippen molar-refractivity contribution in [2.75, 3.05) is 32.1 Å². The van der Waals surface area contributed by atoms with Crippen molar-refractivity contribution < 1.29 is 18.4 Å². The first-order valence-electron chi connectivity index (χ1n) is 7.93. The molecule has 7 heteroatoms. The summed E-state index contributed by atoms with van der Waals surface area (Å²) < 4.78 is 23.6. The summed E-state index contributed by atoms with van der Waals surface area (Å²) in [7, 11) is 1.67. The van der Waals surface area contributed by atoms with E-state index in [4.69, 9.17) is 9.26 Å². The predicted octanol–water partition coefficient (Wildman–Crippen LogP) is 3.37. The van der Waals surface area contributed by atoms with Crippen molar-refractivity contribution in [1.29, 1.82) is 0 Å². The van der Waals surface area contributed by atoms with Crippen LogP contribution in [-0.4, -0.2) is 42.9 Å². The number of amides is 2. The second kappa shape index (κ2) is 7.44. The Kier molecular flexibility index (Phi) is 5.10. The Bertz CT molecular complexity index is 702. The fourth-order valence-corrected chi connectivity index (χ4v) is 2.92. The lowest BCUT2D eigenvalue weighted by atomic mass is 9.99. The molecule has 1 aromatic carbocycles. The second-order valence-corrected chi connectivity index (χ2v) is 5.93. The van der Waals surface area contributed by atoms with Crippen LogP contribution in [0.2, 0.25) is 0 Å². The van der Waals surface area contributed by atoms with Gasteiger partial charge in [-0.05, 0) is 25.0 Å². The third kappa shape index (κ3) is 3.91. The third-order valence-corrected chi connectivity index (χ3v) is 4.06. The summed E-state index contributed by atoms with van der Waals surface area (Å²) in [6.45, 7) is 2.02. The summed E-state index contributed by atoms with van der Waals surface area (Å²) in [5, 5.41) is 6.56. The molecular formula is C17H20FN3O3. The summed E-state index contributed by atoms with van der Waals surface area (Å²) >= 11 is 0. The van der Waals surface area contributed by atoms with Gasteiger partial charge in [0.1, 0.15) is 5.82 Å². The lowest BCUT2D eigenvalue weighted by Gasteiger charge is -2.32. The van der Waals surface area contributed by atoms with Crippen LogP contribution in [0.1, 0.15) is 12.8 Å². The van der Waals surface area contributed by atoms with Crippen LogP contribution in [0, 0.1) is 11.7 Å². The van der Waals surface area contributed by atoms with Crippen molar-refractivity contribution in [3.63, 3.8) is 0 Å². The fourth-order valence-electron chi connectivity index (χ4n) is 2.92. The monoisotopic (exact) mass is 333 g/mol. The smallest absolute Gasteiger partial charge is 0.323 e. The van der Waals surface area contributed by atoms with E-state index in [9.17, 15) is 9.18 Å². The molecule has 1 aliphatic heterocycles. The maximum absolute atomic E-state index is 13.3. The highest BCUT2D eigenvalue weighted by atomic mass is 19.1. The minimum atomic E-state index is -0.355. The Morgan fingerprint density at radius 2 is 2.38 bits per heavy atom. The number of rotatable bonds is 4. The van der Waals surface area contributed by atoms with Gasteiger partial charge in [-0.1, -0.05) is 17.3 Å². The molecule has 0 bridgehead atoms. The first-order chi connectivity index (χ1) is 11.7. The highest BCUT2D eigenvalue weighted by molar-refractivity contribution is 5.88. The quantitative estimate of drug-likeness (QED) is 0.931. The van der Waals surface area contributed by atoms with Gasteiger partial charge in [-0.2, -0.15) is 0 Å². The van der Waals surface area contributed by atoms with Crippen LogP contribution in [0.3, 0.4) is 0 Å². The number of aromatic nitrogens is 1. The molecule has 6 nitrogen and oxygen atoms in total. The topological polar surface area (TPSA) is 67.6 Å². The van der Waals surface area contributed by atoms with Gasteiger partial charge in [0.2, 0.25) is 0 Å². The Labute approximate surface area is 139 Å².